The number of halogens is 1. The molecule has 1 fully saturated rings. The van der Waals surface area contributed by atoms with Gasteiger partial charge in [0.05, 0.1) is 10.6 Å². The van der Waals surface area contributed by atoms with Crippen molar-refractivity contribution in [3.8, 4) is 0 Å². The molecule has 3 rings (SSSR count). The number of carbonyl (C=O) groups excluding carboxylic acids is 1. The lowest BCUT2D eigenvalue weighted by Gasteiger charge is -2.23. The van der Waals surface area contributed by atoms with E-state index in [1.54, 1.807) is 25.1 Å². The maximum absolute atomic E-state index is 13.1. The van der Waals surface area contributed by atoms with Gasteiger partial charge in [-0.15, -0.1) is 0 Å². The third-order valence-corrected chi connectivity index (χ3v) is 5.14. The minimum absolute atomic E-state index is 0.0423. The molecule has 2 aromatic rings. The molecule has 8 heteroatoms. The molecule has 0 atom stereocenters. The van der Waals surface area contributed by atoms with E-state index in [-0.39, 0.29) is 17.4 Å². The van der Waals surface area contributed by atoms with E-state index in [1.807, 2.05) is 0 Å². The molecule has 0 saturated carbocycles. The maximum atomic E-state index is 13.1. The summed E-state index contributed by atoms with van der Waals surface area (Å²) in [5, 5.41) is 13.7. The Morgan fingerprint density at radius 3 is 2.62 bits per heavy atom. The van der Waals surface area contributed by atoms with Gasteiger partial charge in [-0.25, -0.2) is 4.39 Å². The number of nitro groups is 1. The van der Waals surface area contributed by atoms with Crippen LogP contribution in [0.15, 0.2) is 42.5 Å². The van der Waals surface area contributed by atoms with Crippen molar-refractivity contribution < 1.29 is 14.1 Å². The molecule has 0 aromatic heterocycles. The van der Waals surface area contributed by atoms with Crippen LogP contribution in [0.4, 0.5) is 21.5 Å². The highest BCUT2D eigenvalue weighted by Gasteiger charge is 2.17. The van der Waals surface area contributed by atoms with Crippen LogP contribution in [0, 0.1) is 22.9 Å². The smallest absolute Gasteiger partial charge is 0.271 e. The third kappa shape index (κ3) is 5.74. The number of nitrogens with one attached hydrogen (secondary N) is 1. The molecule has 0 spiro atoms. The first-order valence-corrected chi connectivity index (χ1v) is 9.70. The van der Waals surface area contributed by atoms with Crippen molar-refractivity contribution in [1.29, 1.82) is 0 Å². The molecule has 0 unspecified atom stereocenters. The van der Waals surface area contributed by atoms with Gasteiger partial charge in [0.1, 0.15) is 5.82 Å². The first-order chi connectivity index (χ1) is 13.9. The third-order valence-electron chi connectivity index (χ3n) is 5.14. The zero-order valence-electron chi connectivity index (χ0n) is 16.4. The summed E-state index contributed by atoms with van der Waals surface area (Å²) in [6.45, 7) is 5.84. The fraction of sp³-hybridized carbons (Fsp3) is 0.381. The highest BCUT2D eigenvalue weighted by molar-refractivity contribution is 5.92. The maximum Gasteiger partial charge on any atom is 0.271 e. The molecule has 0 bridgehead atoms. The largest absolute Gasteiger partial charge is 0.370 e. The van der Waals surface area contributed by atoms with Gasteiger partial charge < -0.3 is 15.1 Å². The van der Waals surface area contributed by atoms with Crippen molar-refractivity contribution >= 4 is 23.0 Å². The molecule has 0 radical (unpaired) electrons. The lowest BCUT2D eigenvalue weighted by atomic mass is 10.1. The topological polar surface area (TPSA) is 78.7 Å². The number of amides is 1. The first-order valence-electron chi connectivity index (χ1n) is 9.70. The summed E-state index contributed by atoms with van der Waals surface area (Å²) < 4.78 is 13.1. The van der Waals surface area contributed by atoms with E-state index in [9.17, 15) is 19.3 Å². The average Bonchev–Trinajstić information content (AvgIpc) is 2.94. The normalized spacial score (nSPS) is 15.0. The minimum atomic E-state index is -0.473. The number of aryl methyl sites for hydroxylation is 1. The van der Waals surface area contributed by atoms with Crippen LogP contribution in [0.2, 0.25) is 0 Å². The van der Waals surface area contributed by atoms with E-state index >= 15 is 0 Å². The molecule has 1 N–H and O–H groups in total. The summed E-state index contributed by atoms with van der Waals surface area (Å²) in [7, 11) is 0. The zero-order chi connectivity index (χ0) is 20.8. The van der Waals surface area contributed by atoms with E-state index in [1.165, 1.54) is 24.3 Å². The summed E-state index contributed by atoms with van der Waals surface area (Å²) in [6.07, 6.45) is 1.28. The van der Waals surface area contributed by atoms with Crippen LogP contribution in [0.25, 0.3) is 0 Å². The molecule has 1 amide bonds. The van der Waals surface area contributed by atoms with Gasteiger partial charge in [0.25, 0.3) is 5.69 Å². The van der Waals surface area contributed by atoms with Crippen LogP contribution in [0.1, 0.15) is 18.4 Å². The van der Waals surface area contributed by atoms with Gasteiger partial charge in [0.15, 0.2) is 0 Å². The Morgan fingerprint density at radius 2 is 1.90 bits per heavy atom. The van der Waals surface area contributed by atoms with Gasteiger partial charge >= 0.3 is 0 Å². The molecule has 1 aliphatic rings. The predicted molar refractivity (Wildman–Crippen MR) is 111 cm³/mol. The number of benzene rings is 2. The second-order valence-electron chi connectivity index (χ2n) is 7.21. The van der Waals surface area contributed by atoms with E-state index in [4.69, 9.17) is 0 Å². The SMILES string of the molecule is Cc1ccc([N+](=O)[O-])cc1NC(=O)CCN1CCCN(c2ccc(F)cc2)CC1. The fourth-order valence-electron chi connectivity index (χ4n) is 3.44. The molecule has 1 heterocycles. The number of nitro benzene ring substituents is 1. The molecule has 7 nitrogen and oxygen atoms in total. The second kappa shape index (κ2) is 9.47. The van der Waals surface area contributed by atoms with Crippen molar-refractivity contribution in [1.82, 2.24) is 4.90 Å². The molecule has 0 aliphatic carbocycles. The fourth-order valence-corrected chi connectivity index (χ4v) is 3.44. The molecular weight excluding hydrogens is 375 g/mol. The summed E-state index contributed by atoms with van der Waals surface area (Å²) in [4.78, 5) is 27.3. The summed E-state index contributed by atoms with van der Waals surface area (Å²) in [5.74, 6) is -0.400. The molecule has 1 saturated heterocycles. The minimum Gasteiger partial charge on any atom is -0.370 e. The van der Waals surface area contributed by atoms with Gasteiger partial charge in [-0.2, -0.15) is 0 Å². The van der Waals surface area contributed by atoms with Crippen molar-refractivity contribution in [2.75, 3.05) is 42.9 Å². The Hall–Kier alpha value is -3.00. The van der Waals surface area contributed by atoms with Gasteiger partial charge in [-0.3, -0.25) is 14.9 Å². The van der Waals surface area contributed by atoms with Crippen LogP contribution in [-0.2, 0) is 4.79 Å². The molecule has 29 heavy (non-hydrogen) atoms. The Bertz CT molecular complexity index is 873. The van der Waals surface area contributed by atoms with E-state index < -0.39 is 4.92 Å². The Balaban J connectivity index is 1.50. The summed E-state index contributed by atoms with van der Waals surface area (Å²) >= 11 is 0. The highest BCUT2D eigenvalue weighted by Crippen LogP contribution is 2.22. The van der Waals surface area contributed by atoms with Crippen LogP contribution >= 0.6 is 0 Å². The van der Waals surface area contributed by atoms with Crippen molar-refractivity contribution in [2.45, 2.75) is 19.8 Å². The second-order valence-corrected chi connectivity index (χ2v) is 7.21. The zero-order valence-corrected chi connectivity index (χ0v) is 16.4. The number of rotatable bonds is 6. The summed E-state index contributed by atoms with van der Waals surface area (Å²) in [5.41, 5.74) is 2.22. The standard InChI is InChI=1S/C21H25FN4O3/c1-16-3-6-19(26(28)29)15-20(16)23-21(27)9-12-24-10-2-11-25(14-13-24)18-7-4-17(22)5-8-18/h3-8,15H,2,9-14H2,1H3,(H,23,27). The number of nitrogens with zero attached hydrogens (tertiary/aromatic N) is 3. The lowest BCUT2D eigenvalue weighted by Crippen LogP contribution is -2.32. The van der Waals surface area contributed by atoms with Crippen LogP contribution in [-0.4, -0.2) is 48.5 Å². The number of anilines is 2. The number of hydrogen-bond acceptors (Lipinski definition) is 5. The highest BCUT2D eigenvalue weighted by atomic mass is 19.1. The molecule has 1 aliphatic heterocycles. The number of carbonyl (C=O) groups is 1. The van der Waals surface area contributed by atoms with Crippen LogP contribution < -0.4 is 10.2 Å². The Kier molecular flexibility index (Phi) is 6.77. The van der Waals surface area contributed by atoms with E-state index in [0.29, 0.717) is 18.7 Å². The van der Waals surface area contributed by atoms with E-state index in [2.05, 4.69) is 15.1 Å². The van der Waals surface area contributed by atoms with Crippen molar-refractivity contribution in [3.63, 3.8) is 0 Å². The van der Waals surface area contributed by atoms with Gasteiger partial charge in [-0.05, 0) is 49.7 Å². The quantitative estimate of drug-likeness (QED) is 0.592. The van der Waals surface area contributed by atoms with Gasteiger partial charge in [0.2, 0.25) is 5.91 Å². The molecular formula is C21H25FN4O3. The molecule has 154 valence electrons. The van der Waals surface area contributed by atoms with Gasteiger partial charge in [-0.1, -0.05) is 6.07 Å². The number of hydrogen-bond donors (Lipinski definition) is 1. The first kappa shape index (κ1) is 20.7. The van der Waals surface area contributed by atoms with Crippen LogP contribution in [0.5, 0.6) is 0 Å². The van der Waals surface area contributed by atoms with Crippen molar-refractivity contribution in [2.24, 2.45) is 0 Å². The Morgan fingerprint density at radius 1 is 1.14 bits per heavy atom. The lowest BCUT2D eigenvalue weighted by molar-refractivity contribution is -0.384. The van der Waals surface area contributed by atoms with Crippen LogP contribution in [0.3, 0.4) is 0 Å². The average molecular weight is 400 g/mol. The van der Waals surface area contributed by atoms with Crippen molar-refractivity contribution in [3.05, 3.63) is 64.0 Å². The predicted octanol–water partition coefficient (Wildman–Crippen LogP) is 3.58. The number of non-ortho nitro benzene ring substituents is 1. The Labute approximate surface area is 169 Å². The summed E-state index contributed by atoms with van der Waals surface area (Å²) in [6, 6.07) is 11.0. The molecule has 2 aromatic carbocycles. The van der Waals surface area contributed by atoms with Gasteiger partial charge in [0, 0.05) is 50.4 Å². The monoisotopic (exact) mass is 400 g/mol. The van der Waals surface area contributed by atoms with E-state index in [0.717, 1.165) is 43.9 Å².